The summed E-state index contributed by atoms with van der Waals surface area (Å²) in [6.07, 6.45) is -0.619. The van der Waals surface area contributed by atoms with Gasteiger partial charge in [-0.3, -0.25) is 14.9 Å². The fourth-order valence-electron chi connectivity index (χ4n) is 3.46. The highest BCUT2D eigenvalue weighted by Crippen LogP contribution is 2.34. The van der Waals surface area contributed by atoms with Crippen LogP contribution in [0.2, 0.25) is 5.02 Å². The van der Waals surface area contributed by atoms with Crippen molar-refractivity contribution >= 4 is 45.0 Å². The molecule has 0 radical (unpaired) electrons. The van der Waals surface area contributed by atoms with Crippen LogP contribution in [0.4, 0.5) is 4.39 Å². The van der Waals surface area contributed by atoms with Gasteiger partial charge in [-0.05, 0) is 18.2 Å². The second kappa shape index (κ2) is 8.90. The summed E-state index contributed by atoms with van der Waals surface area (Å²) < 4.78 is 16.4. The number of amides is 2. The molecule has 2 aromatic carbocycles. The summed E-state index contributed by atoms with van der Waals surface area (Å²) >= 11 is 7.82. The molecule has 1 aliphatic heterocycles. The second-order valence-electron chi connectivity index (χ2n) is 7.75. The molecule has 0 aliphatic carbocycles. The average Bonchev–Trinajstić information content (AvgIpc) is 3.17. The van der Waals surface area contributed by atoms with Crippen molar-refractivity contribution in [3.8, 4) is 0 Å². The highest BCUT2D eigenvalue weighted by molar-refractivity contribution is 7.18. The second-order valence-corrected chi connectivity index (χ2v) is 9.22. The van der Waals surface area contributed by atoms with Crippen LogP contribution >= 0.6 is 22.9 Å². The zero-order valence-corrected chi connectivity index (χ0v) is 18.6. The van der Waals surface area contributed by atoms with E-state index in [1.165, 1.54) is 17.4 Å². The molecule has 4 rings (SSSR count). The number of nitrogens with zero attached hydrogens (tertiary/aromatic N) is 1. The Labute approximate surface area is 188 Å². The number of hydrogen-bond acceptors (Lipinski definition) is 5. The molecule has 31 heavy (non-hydrogen) atoms. The van der Waals surface area contributed by atoms with Gasteiger partial charge in [-0.25, -0.2) is 9.37 Å². The van der Waals surface area contributed by atoms with Crippen LogP contribution in [-0.2, 0) is 16.1 Å². The first-order valence-electron chi connectivity index (χ1n) is 9.99. The van der Waals surface area contributed by atoms with Crippen molar-refractivity contribution < 1.29 is 14.0 Å². The number of rotatable bonds is 5. The number of thiazole rings is 1. The summed E-state index contributed by atoms with van der Waals surface area (Å²) in [4.78, 5) is 28.9. The lowest BCUT2D eigenvalue weighted by Crippen LogP contribution is -2.47. The first-order chi connectivity index (χ1) is 14.8. The minimum Gasteiger partial charge on any atom is -0.352 e. The van der Waals surface area contributed by atoms with Crippen molar-refractivity contribution in [1.82, 2.24) is 20.9 Å². The molecule has 1 aromatic heterocycles. The molecule has 1 fully saturated rings. The molecule has 0 bridgehead atoms. The van der Waals surface area contributed by atoms with Crippen molar-refractivity contribution in [1.29, 1.82) is 0 Å². The number of carbonyl (C=O) groups is 2. The fourth-order valence-corrected chi connectivity index (χ4v) is 4.75. The van der Waals surface area contributed by atoms with E-state index in [4.69, 9.17) is 11.6 Å². The van der Waals surface area contributed by atoms with Crippen LogP contribution in [0.25, 0.3) is 10.2 Å². The summed E-state index contributed by atoms with van der Waals surface area (Å²) in [5, 5.41) is 9.71. The average molecular weight is 461 g/mol. The van der Waals surface area contributed by atoms with Gasteiger partial charge in [-0.15, -0.1) is 11.3 Å². The Hall–Kier alpha value is -2.55. The van der Waals surface area contributed by atoms with E-state index in [0.717, 1.165) is 15.2 Å². The summed E-state index contributed by atoms with van der Waals surface area (Å²) in [6, 6.07) is 10.5. The number of hydrogen-bond donors (Lipinski definition) is 3. The monoisotopic (exact) mass is 460 g/mol. The standard InChI is InChI=1S/C22H22ClFN4O2S/c1-11(2)21(30)25-10-12-7-8-13(23)18(19(12)24)20-26-15(9-17(29)28-20)22-27-14-5-3-4-6-16(14)31-22/h3-8,11,15,20,26H,9-10H2,1-2H3,(H,25,30)(H,28,29). The molecular weight excluding hydrogens is 439 g/mol. The van der Waals surface area contributed by atoms with Crippen LogP contribution in [0.5, 0.6) is 0 Å². The summed E-state index contributed by atoms with van der Waals surface area (Å²) in [5.74, 6) is -1.15. The van der Waals surface area contributed by atoms with Crippen LogP contribution in [0.3, 0.4) is 0 Å². The van der Waals surface area contributed by atoms with Gasteiger partial charge >= 0.3 is 0 Å². The third-order valence-corrected chi connectivity index (χ3v) is 6.62. The van der Waals surface area contributed by atoms with E-state index >= 15 is 4.39 Å². The maximum atomic E-state index is 15.4. The largest absolute Gasteiger partial charge is 0.352 e. The molecule has 2 heterocycles. The number of aromatic nitrogens is 1. The smallest absolute Gasteiger partial charge is 0.223 e. The van der Waals surface area contributed by atoms with Crippen molar-refractivity contribution in [3.63, 3.8) is 0 Å². The van der Waals surface area contributed by atoms with E-state index in [-0.39, 0.29) is 47.3 Å². The Morgan fingerprint density at radius 1 is 1.32 bits per heavy atom. The predicted octanol–water partition coefficient (Wildman–Crippen LogP) is 4.21. The zero-order chi connectivity index (χ0) is 22.1. The minimum absolute atomic E-state index is 0.0367. The molecular formula is C22H22ClFN4O2S. The SMILES string of the molecule is CC(C)C(=O)NCc1ccc(Cl)c(C2NC(=O)CC(c3nc4ccccc4s3)N2)c1F. The van der Waals surface area contributed by atoms with E-state index in [1.54, 1.807) is 19.9 Å². The van der Waals surface area contributed by atoms with E-state index in [2.05, 4.69) is 20.9 Å². The van der Waals surface area contributed by atoms with Gasteiger partial charge < -0.3 is 10.6 Å². The zero-order valence-electron chi connectivity index (χ0n) is 17.0. The molecule has 0 saturated carbocycles. The lowest BCUT2D eigenvalue weighted by molar-refractivity contribution is -0.125. The Kier molecular flexibility index (Phi) is 6.22. The van der Waals surface area contributed by atoms with Gasteiger partial charge in [0.25, 0.3) is 0 Å². The molecule has 1 saturated heterocycles. The first-order valence-corrected chi connectivity index (χ1v) is 11.2. The van der Waals surface area contributed by atoms with Crippen molar-refractivity contribution in [3.05, 3.63) is 63.4 Å². The molecule has 0 spiro atoms. The van der Waals surface area contributed by atoms with Crippen molar-refractivity contribution in [2.45, 2.75) is 39.0 Å². The van der Waals surface area contributed by atoms with E-state index in [1.807, 2.05) is 24.3 Å². The molecule has 3 N–H and O–H groups in total. The van der Waals surface area contributed by atoms with Gasteiger partial charge in [0.2, 0.25) is 11.8 Å². The quantitative estimate of drug-likeness (QED) is 0.532. The highest BCUT2D eigenvalue weighted by Gasteiger charge is 2.33. The molecule has 3 aromatic rings. The van der Waals surface area contributed by atoms with Gasteiger partial charge in [0, 0.05) is 30.0 Å². The van der Waals surface area contributed by atoms with Gasteiger partial charge in [0.15, 0.2) is 0 Å². The van der Waals surface area contributed by atoms with Crippen LogP contribution in [0.15, 0.2) is 36.4 Å². The van der Waals surface area contributed by atoms with Crippen molar-refractivity contribution in [2.24, 2.45) is 5.92 Å². The van der Waals surface area contributed by atoms with Crippen LogP contribution in [0, 0.1) is 11.7 Å². The normalized spacial score (nSPS) is 18.9. The lowest BCUT2D eigenvalue weighted by atomic mass is 10.0. The topological polar surface area (TPSA) is 83.1 Å². The molecule has 9 heteroatoms. The first kappa shape index (κ1) is 21.7. The van der Waals surface area contributed by atoms with Crippen molar-refractivity contribution in [2.75, 3.05) is 0 Å². The Morgan fingerprint density at radius 3 is 2.84 bits per heavy atom. The van der Waals surface area contributed by atoms with Gasteiger partial charge in [0.05, 0.1) is 21.3 Å². The van der Waals surface area contributed by atoms with E-state index < -0.39 is 12.0 Å². The van der Waals surface area contributed by atoms with Gasteiger partial charge in [0.1, 0.15) is 17.0 Å². The maximum Gasteiger partial charge on any atom is 0.223 e. The van der Waals surface area contributed by atoms with E-state index in [0.29, 0.717) is 5.56 Å². The van der Waals surface area contributed by atoms with Gasteiger partial charge in [-0.1, -0.05) is 43.6 Å². The number of carbonyl (C=O) groups excluding carboxylic acids is 2. The van der Waals surface area contributed by atoms with Crippen LogP contribution in [0.1, 0.15) is 48.6 Å². The third kappa shape index (κ3) is 4.56. The summed E-state index contributed by atoms with van der Waals surface area (Å²) in [6.45, 7) is 3.57. The molecule has 162 valence electrons. The molecule has 2 amide bonds. The number of nitrogens with one attached hydrogen (secondary N) is 3. The minimum atomic E-state index is -0.813. The third-order valence-electron chi connectivity index (χ3n) is 5.14. The highest BCUT2D eigenvalue weighted by atomic mass is 35.5. The molecule has 2 unspecified atom stereocenters. The Morgan fingerprint density at radius 2 is 2.10 bits per heavy atom. The Balaban J connectivity index is 1.61. The summed E-state index contributed by atoms with van der Waals surface area (Å²) in [5.41, 5.74) is 1.31. The van der Waals surface area contributed by atoms with Crippen LogP contribution < -0.4 is 16.0 Å². The van der Waals surface area contributed by atoms with Gasteiger partial charge in [-0.2, -0.15) is 0 Å². The number of halogens is 2. The molecule has 6 nitrogen and oxygen atoms in total. The molecule has 2 atom stereocenters. The predicted molar refractivity (Wildman–Crippen MR) is 119 cm³/mol. The number of fused-ring (bicyclic) bond motifs is 1. The number of para-hydroxylation sites is 1. The summed E-state index contributed by atoms with van der Waals surface area (Å²) in [7, 11) is 0. The molecule has 1 aliphatic rings. The Bertz CT molecular complexity index is 1120. The fraction of sp³-hybridized carbons (Fsp3) is 0.318. The number of benzene rings is 2. The maximum absolute atomic E-state index is 15.4. The van der Waals surface area contributed by atoms with Crippen LogP contribution in [-0.4, -0.2) is 16.8 Å². The lowest BCUT2D eigenvalue weighted by Gasteiger charge is -2.31. The van der Waals surface area contributed by atoms with E-state index in [9.17, 15) is 9.59 Å².